The van der Waals surface area contributed by atoms with Gasteiger partial charge in [-0.05, 0) is 30.5 Å². The number of urea groups is 1. The summed E-state index contributed by atoms with van der Waals surface area (Å²) in [6.07, 6.45) is 6.73. The Morgan fingerprint density at radius 3 is 2.83 bits per heavy atom. The number of benzene rings is 1. The molecule has 2 heterocycles. The van der Waals surface area contributed by atoms with Crippen LogP contribution in [0.1, 0.15) is 57.1 Å². The van der Waals surface area contributed by atoms with Crippen LogP contribution in [0, 0.1) is 0 Å². The fourth-order valence-electron chi connectivity index (χ4n) is 3.57. The predicted molar refractivity (Wildman–Crippen MR) is 109 cm³/mol. The van der Waals surface area contributed by atoms with Crippen LogP contribution in [0.5, 0.6) is 5.88 Å². The number of imide groups is 1. The molecule has 1 aromatic carbocycles. The molecule has 0 aliphatic carbocycles. The van der Waals surface area contributed by atoms with Crippen molar-refractivity contribution < 1.29 is 19.5 Å². The van der Waals surface area contributed by atoms with Crippen molar-refractivity contribution in [2.45, 2.75) is 58.0 Å². The lowest BCUT2D eigenvalue weighted by Crippen LogP contribution is -2.41. The third-order valence-corrected chi connectivity index (χ3v) is 5.19. The monoisotopic (exact) mass is 400 g/mol. The predicted octanol–water partition coefficient (Wildman–Crippen LogP) is 2.70. The largest absolute Gasteiger partial charge is 0.494 e. The number of hydrogen-bond donors (Lipinski definition) is 4. The van der Waals surface area contributed by atoms with E-state index in [1.165, 1.54) is 11.0 Å². The smallest absolute Gasteiger partial charge is 0.315 e. The molecule has 3 rings (SSSR count). The summed E-state index contributed by atoms with van der Waals surface area (Å²) in [4.78, 5) is 35.4. The number of nitrogens with zero attached hydrogens (tertiary/aromatic N) is 1. The van der Waals surface area contributed by atoms with Crippen LogP contribution >= 0.6 is 0 Å². The SMILES string of the molecule is CCCCCCNC(=O)NCc1ccc2c(O)n(C3CCC(=O)NC3=O)cc2c1. The molecule has 0 spiro atoms. The molecular weight excluding hydrogens is 372 g/mol. The first-order valence-electron chi connectivity index (χ1n) is 10.2. The Morgan fingerprint density at radius 1 is 1.24 bits per heavy atom. The number of nitrogens with one attached hydrogen (secondary N) is 3. The van der Waals surface area contributed by atoms with Gasteiger partial charge in [0.25, 0.3) is 0 Å². The van der Waals surface area contributed by atoms with Crippen molar-refractivity contribution in [3.05, 3.63) is 30.0 Å². The van der Waals surface area contributed by atoms with Crippen molar-refractivity contribution in [2.75, 3.05) is 6.54 Å². The number of carbonyl (C=O) groups is 3. The van der Waals surface area contributed by atoms with Gasteiger partial charge in [-0.1, -0.05) is 32.3 Å². The number of amides is 4. The number of fused-ring (bicyclic) bond motifs is 1. The lowest BCUT2D eigenvalue weighted by atomic mass is 10.1. The fraction of sp³-hybridized carbons (Fsp3) is 0.476. The maximum Gasteiger partial charge on any atom is 0.315 e. The molecule has 1 unspecified atom stereocenters. The van der Waals surface area contributed by atoms with Crippen LogP contribution in [0.2, 0.25) is 0 Å². The molecule has 1 aliphatic heterocycles. The van der Waals surface area contributed by atoms with Gasteiger partial charge in [0.05, 0.1) is 0 Å². The number of aromatic hydroxyl groups is 1. The minimum atomic E-state index is -0.611. The van der Waals surface area contributed by atoms with Gasteiger partial charge in [0.1, 0.15) is 6.04 Å². The quantitative estimate of drug-likeness (QED) is 0.403. The van der Waals surface area contributed by atoms with E-state index in [9.17, 15) is 19.5 Å². The Labute approximate surface area is 169 Å². The zero-order valence-electron chi connectivity index (χ0n) is 16.7. The van der Waals surface area contributed by atoms with Crippen LogP contribution < -0.4 is 16.0 Å². The number of aromatic nitrogens is 1. The highest BCUT2D eigenvalue weighted by molar-refractivity contribution is 6.00. The molecule has 8 heteroatoms. The summed E-state index contributed by atoms with van der Waals surface area (Å²) in [5.74, 6) is -0.701. The van der Waals surface area contributed by atoms with Crippen molar-refractivity contribution in [1.82, 2.24) is 20.5 Å². The average molecular weight is 400 g/mol. The van der Waals surface area contributed by atoms with E-state index in [0.717, 1.165) is 30.2 Å². The highest BCUT2D eigenvalue weighted by atomic mass is 16.3. The molecule has 156 valence electrons. The van der Waals surface area contributed by atoms with E-state index in [0.29, 0.717) is 24.9 Å². The summed E-state index contributed by atoms with van der Waals surface area (Å²) >= 11 is 0. The molecule has 1 saturated heterocycles. The first-order chi connectivity index (χ1) is 14.0. The van der Waals surface area contributed by atoms with E-state index in [1.54, 1.807) is 12.3 Å². The Balaban J connectivity index is 1.61. The zero-order chi connectivity index (χ0) is 20.8. The van der Waals surface area contributed by atoms with Crippen molar-refractivity contribution in [3.8, 4) is 5.88 Å². The summed E-state index contributed by atoms with van der Waals surface area (Å²) < 4.78 is 1.51. The minimum Gasteiger partial charge on any atom is -0.494 e. The average Bonchev–Trinajstić information content (AvgIpc) is 3.02. The fourth-order valence-corrected chi connectivity index (χ4v) is 3.57. The molecule has 1 fully saturated rings. The molecule has 2 aromatic rings. The van der Waals surface area contributed by atoms with Gasteiger partial charge in [-0.25, -0.2) is 4.79 Å². The van der Waals surface area contributed by atoms with Crippen LogP contribution in [-0.2, 0) is 16.1 Å². The van der Waals surface area contributed by atoms with Gasteiger partial charge < -0.3 is 20.3 Å². The molecule has 0 bridgehead atoms. The molecule has 1 aliphatic rings. The zero-order valence-corrected chi connectivity index (χ0v) is 16.7. The maximum atomic E-state index is 12.1. The van der Waals surface area contributed by atoms with E-state index in [-0.39, 0.29) is 24.2 Å². The second kappa shape index (κ2) is 9.45. The van der Waals surface area contributed by atoms with Gasteiger partial charge in [0.2, 0.25) is 11.8 Å². The minimum absolute atomic E-state index is 0.00108. The third kappa shape index (κ3) is 5.07. The van der Waals surface area contributed by atoms with E-state index >= 15 is 0 Å². The first-order valence-corrected chi connectivity index (χ1v) is 10.2. The van der Waals surface area contributed by atoms with E-state index in [1.807, 2.05) is 12.1 Å². The first kappa shape index (κ1) is 20.7. The van der Waals surface area contributed by atoms with Gasteiger partial charge in [-0.2, -0.15) is 0 Å². The number of rotatable bonds is 8. The molecule has 8 nitrogen and oxygen atoms in total. The highest BCUT2D eigenvalue weighted by Gasteiger charge is 2.29. The normalized spacial score (nSPS) is 16.7. The van der Waals surface area contributed by atoms with Crippen LogP contribution in [0.25, 0.3) is 10.8 Å². The van der Waals surface area contributed by atoms with Gasteiger partial charge >= 0.3 is 6.03 Å². The van der Waals surface area contributed by atoms with E-state index < -0.39 is 11.9 Å². The molecule has 1 aromatic heterocycles. The van der Waals surface area contributed by atoms with Gasteiger partial charge in [0, 0.05) is 36.5 Å². The number of piperidine rings is 1. The van der Waals surface area contributed by atoms with Crippen molar-refractivity contribution in [3.63, 3.8) is 0 Å². The lowest BCUT2D eigenvalue weighted by molar-refractivity contribution is -0.135. The Kier molecular flexibility index (Phi) is 6.74. The number of hydrogen-bond acceptors (Lipinski definition) is 4. The molecule has 29 heavy (non-hydrogen) atoms. The summed E-state index contributed by atoms with van der Waals surface area (Å²) in [7, 11) is 0. The molecule has 4 amide bonds. The van der Waals surface area contributed by atoms with E-state index in [2.05, 4.69) is 22.9 Å². The Morgan fingerprint density at radius 2 is 2.07 bits per heavy atom. The maximum absolute atomic E-state index is 12.1. The molecule has 0 radical (unpaired) electrons. The van der Waals surface area contributed by atoms with E-state index in [4.69, 9.17) is 0 Å². The van der Waals surface area contributed by atoms with Crippen LogP contribution in [0.15, 0.2) is 24.4 Å². The van der Waals surface area contributed by atoms with Crippen molar-refractivity contribution in [2.24, 2.45) is 0 Å². The Hall–Kier alpha value is -3.03. The second-order valence-electron chi connectivity index (χ2n) is 7.42. The summed E-state index contributed by atoms with van der Waals surface area (Å²) in [5.41, 5.74) is 0.888. The number of carbonyl (C=O) groups excluding carboxylic acids is 3. The second-order valence-corrected chi connectivity index (χ2v) is 7.42. The van der Waals surface area contributed by atoms with Crippen LogP contribution in [0.4, 0.5) is 4.79 Å². The summed E-state index contributed by atoms with van der Waals surface area (Å²) in [5, 5.41) is 19.9. The van der Waals surface area contributed by atoms with Crippen molar-refractivity contribution in [1.29, 1.82) is 0 Å². The standard InChI is InChI=1S/C21H28N4O4/c1-2-3-4-5-10-22-21(29)23-12-14-6-7-16-15(11-14)13-25(20(16)28)17-8-9-18(26)24-19(17)27/h6-7,11,13,17,28H,2-5,8-10,12H2,1H3,(H2,22,23,29)(H,24,26,27). The van der Waals surface area contributed by atoms with Crippen LogP contribution in [0.3, 0.4) is 0 Å². The number of unbranched alkanes of at least 4 members (excludes halogenated alkanes) is 3. The topological polar surface area (TPSA) is 112 Å². The summed E-state index contributed by atoms with van der Waals surface area (Å²) in [6.45, 7) is 3.17. The van der Waals surface area contributed by atoms with Crippen LogP contribution in [-0.4, -0.2) is 34.1 Å². The molecular formula is C21H28N4O4. The van der Waals surface area contributed by atoms with Gasteiger partial charge in [-0.3, -0.25) is 14.9 Å². The van der Waals surface area contributed by atoms with Gasteiger partial charge in [0.15, 0.2) is 5.88 Å². The lowest BCUT2D eigenvalue weighted by Gasteiger charge is -2.22. The summed E-state index contributed by atoms with van der Waals surface area (Å²) in [6, 6.07) is 4.66. The van der Waals surface area contributed by atoms with Gasteiger partial charge in [-0.15, -0.1) is 0 Å². The molecule has 4 N–H and O–H groups in total. The molecule has 0 saturated carbocycles. The third-order valence-electron chi connectivity index (χ3n) is 5.19. The Bertz CT molecular complexity index is 905. The molecule has 1 atom stereocenters. The van der Waals surface area contributed by atoms with Crippen molar-refractivity contribution >= 4 is 28.6 Å². The highest BCUT2D eigenvalue weighted by Crippen LogP contribution is 2.33.